The summed E-state index contributed by atoms with van der Waals surface area (Å²) in [6, 6.07) is 16.7. The summed E-state index contributed by atoms with van der Waals surface area (Å²) < 4.78 is 66.9. The average molecular weight is 659 g/mol. The van der Waals surface area contributed by atoms with Crippen LogP contribution >= 0.6 is 23.2 Å². The lowest BCUT2D eigenvalue weighted by molar-refractivity contribution is -0.140. The Hall–Kier alpha value is -3.28. The van der Waals surface area contributed by atoms with Gasteiger partial charge in [-0.05, 0) is 41.8 Å². The van der Waals surface area contributed by atoms with Crippen LogP contribution in [-0.2, 0) is 38.8 Å². The van der Waals surface area contributed by atoms with E-state index in [4.69, 9.17) is 23.2 Å². The topological polar surface area (TPSA) is 86.8 Å². The van der Waals surface area contributed by atoms with E-state index in [-0.39, 0.29) is 18.0 Å². The molecule has 3 aromatic carbocycles. The maximum Gasteiger partial charge on any atom is 0.416 e. The maximum atomic E-state index is 14.1. The smallest absolute Gasteiger partial charge is 0.354 e. The number of nitrogens with zero attached hydrogens (tertiary/aromatic N) is 2. The highest BCUT2D eigenvalue weighted by molar-refractivity contribution is 7.92. The number of rotatable bonds is 13. The first-order chi connectivity index (χ1) is 20.2. The zero-order valence-corrected chi connectivity index (χ0v) is 25.9. The van der Waals surface area contributed by atoms with Crippen molar-refractivity contribution >= 4 is 50.7 Å². The molecule has 0 saturated heterocycles. The lowest BCUT2D eigenvalue weighted by atomic mass is 10.0. The van der Waals surface area contributed by atoms with Gasteiger partial charge in [-0.25, -0.2) is 8.42 Å². The Kier molecular flexibility index (Phi) is 11.9. The molecule has 0 aromatic heterocycles. The van der Waals surface area contributed by atoms with Crippen molar-refractivity contribution in [3.05, 3.63) is 99.5 Å². The summed E-state index contributed by atoms with van der Waals surface area (Å²) in [4.78, 5) is 28.9. The number of alkyl halides is 3. The number of sulfonamides is 1. The number of hydrogen-bond donors (Lipinski definition) is 1. The number of benzene rings is 3. The largest absolute Gasteiger partial charge is 0.416 e. The van der Waals surface area contributed by atoms with Crippen molar-refractivity contribution in [1.82, 2.24) is 10.2 Å². The van der Waals surface area contributed by atoms with Gasteiger partial charge in [0.2, 0.25) is 21.8 Å². The molecule has 0 unspecified atom stereocenters. The molecule has 3 rings (SSSR count). The Labute approximate surface area is 259 Å². The summed E-state index contributed by atoms with van der Waals surface area (Å²) >= 11 is 12.6. The maximum absolute atomic E-state index is 14.1. The second kappa shape index (κ2) is 14.9. The minimum atomic E-state index is -4.79. The normalized spacial score (nSPS) is 12.4. The molecule has 2 amide bonds. The molecular weight excluding hydrogens is 626 g/mol. The number of nitrogens with one attached hydrogen (secondary N) is 1. The molecule has 1 atom stereocenters. The van der Waals surface area contributed by atoms with Gasteiger partial charge in [0.1, 0.15) is 12.6 Å². The van der Waals surface area contributed by atoms with Crippen LogP contribution in [0.3, 0.4) is 0 Å². The third kappa shape index (κ3) is 9.61. The first-order valence-electron chi connectivity index (χ1n) is 13.4. The van der Waals surface area contributed by atoms with Crippen LogP contribution in [0.4, 0.5) is 18.9 Å². The molecule has 0 spiro atoms. The van der Waals surface area contributed by atoms with Crippen LogP contribution in [0, 0.1) is 0 Å². The van der Waals surface area contributed by atoms with Crippen molar-refractivity contribution < 1.29 is 31.2 Å². The predicted octanol–water partition coefficient (Wildman–Crippen LogP) is 6.33. The van der Waals surface area contributed by atoms with Gasteiger partial charge in [0.05, 0.1) is 22.5 Å². The number of carbonyl (C=O) groups excluding carboxylic acids is 2. The zero-order valence-electron chi connectivity index (χ0n) is 23.6. The molecule has 0 bridgehead atoms. The van der Waals surface area contributed by atoms with Gasteiger partial charge in [0.25, 0.3) is 0 Å². The van der Waals surface area contributed by atoms with Crippen molar-refractivity contribution in [2.45, 2.75) is 44.9 Å². The van der Waals surface area contributed by atoms with Crippen LogP contribution in [0.25, 0.3) is 0 Å². The van der Waals surface area contributed by atoms with E-state index >= 15 is 0 Å². The van der Waals surface area contributed by atoms with E-state index in [2.05, 4.69) is 5.32 Å². The van der Waals surface area contributed by atoms with Crippen LogP contribution in [0.5, 0.6) is 0 Å². The molecular formula is C30H32Cl2F3N3O4S. The Bertz CT molecular complexity index is 1520. The molecule has 232 valence electrons. The second-order valence-electron chi connectivity index (χ2n) is 9.90. The third-order valence-corrected chi connectivity index (χ3v) is 8.44. The minimum Gasteiger partial charge on any atom is -0.354 e. The van der Waals surface area contributed by atoms with Gasteiger partial charge in [0.15, 0.2) is 0 Å². The Balaban J connectivity index is 2.11. The zero-order chi connectivity index (χ0) is 31.8. The summed E-state index contributed by atoms with van der Waals surface area (Å²) in [5.41, 5.74) is -0.439. The van der Waals surface area contributed by atoms with Crippen molar-refractivity contribution in [2.75, 3.05) is 23.7 Å². The number of amides is 2. The summed E-state index contributed by atoms with van der Waals surface area (Å²) in [6.07, 6.45) is -2.45. The molecule has 0 aliphatic rings. The van der Waals surface area contributed by atoms with Gasteiger partial charge in [-0.3, -0.25) is 13.9 Å². The van der Waals surface area contributed by atoms with E-state index in [9.17, 15) is 31.2 Å². The Morgan fingerprint density at radius 1 is 0.953 bits per heavy atom. The molecule has 13 heteroatoms. The van der Waals surface area contributed by atoms with Crippen molar-refractivity contribution in [1.29, 1.82) is 0 Å². The van der Waals surface area contributed by atoms with Crippen LogP contribution < -0.4 is 9.62 Å². The SMILES string of the molecule is CCCCNC(=O)[C@@H](Cc1ccccc1)N(Cc1ccccc1Cl)C(=O)CN(c1cc(C(F)(F)F)ccc1Cl)S(C)(=O)=O. The highest BCUT2D eigenvalue weighted by Crippen LogP contribution is 2.36. The van der Waals surface area contributed by atoms with Crippen molar-refractivity contribution in [2.24, 2.45) is 0 Å². The van der Waals surface area contributed by atoms with Gasteiger partial charge in [-0.1, -0.05) is 85.1 Å². The number of hydrogen-bond acceptors (Lipinski definition) is 4. The van der Waals surface area contributed by atoms with Crippen molar-refractivity contribution in [3.8, 4) is 0 Å². The molecule has 3 aromatic rings. The lowest BCUT2D eigenvalue weighted by Crippen LogP contribution is -2.53. The molecule has 0 aliphatic heterocycles. The lowest BCUT2D eigenvalue weighted by Gasteiger charge is -2.34. The fourth-order valence-electron chi connectivity index (χ4n) is 4.35. The van der Waals surface area contributed by atoms with E-state index in [0.717, 1.165) is 24.3 Å². The van der Waals surface area contributed by atoms with E-state index in [1.165, 1.54) is 4.90 Å². The monoisotopic (exact) mass is 657 g/mol. The summed E-state index contributed by atoms with van der Waals surface area (Å²) in [6.45, 7) is 1.21. The molecule has 0 heterocycles. The molecule has 0 aliphatic carbocycles. The second-order valence-corrected chi connectivity index (χ2v) is 12.6. The van der Waals surface area contributed by atoms with E-state index in [0.29, 0.717) is 40.0 Å². The van der Waals surface area contributed by atoms with Crippen LogP contribution in [0.1, 0.15) is 36.5 Å². The third-order valence-electron chi connectivity index (χ3n) is 6.62. The van der Waals surface area contributed by atoms with E-state index < -0.39 is 51.9 Å². The van der Waals surface area contributed by atoms with E-state index in [1.54, 1.807) is 54.6 Å². The first-order valence-corrected chi connectivity index (χ1v) is 16.0. The minimum absolute atomic E-state index is 0.0815. The van der Waals surface area contributed by atoms with Crippen LogP contribution in [0.2, 0.25) is 10.0 Å². The molecule has 1 N–H and O–H groups in total. The predicted molar refractivity (Wildman–Crippen MR) is 162 cm³/mol. The number of carbonyl (C=O) groups is 2. The molecule has 7 nitrogen and oxygen atoms in total. The molecule has 0 radical (unpaired) electrons. The van der Waals surface area contributed by atoms with Gasteiger partial charge >= 0.3 is 6.18 Å². The molecule has 43 heavy (non-hydrogen) atoms. The Morgan fingerprint density at radius 2 is 1.60 bits per heavy atom. The van der Waals surface area contributed by atoms with Crippen LogP contribution in [0.15, 0.2) is 72.8 Å². The summed E-state index contributed by atoms with van der Waals surface area (Å²) in [7, 11) is -4.33. The van der Waals surface area contributed by atoms with Crippen molar-refractivity contribution in [3.63, 3.8) is 0 Å². The summed E-state index contributed by atoms with van der Waals surface area (Å²) in [5, 5.41) is 2.85. The van der Waals surface area contributed by atoms with Crippen LogP contribution in [-0.4, -0.2) is 50.5 Å². The fourth-order valence-corrected chi connectivity index (χ4v) is 5.66. The highest BCUT2D eigenvalue weighted by Gasteiger charge is 2.36. The number of halogens is 5. The number of unbranched alkanes of at least 4 members (excludes halogenated alkanes) is 1. The van der Waals surface area contributed by atoms with Gasteiger partial charge in [0, 0.05) is 24.5 Å². The number of anilines is 1. The van der Waals surface area contributed by atoms with E-state index in [1.807, 2.05) is 6.92 Å². The fraction of sp³-hybridized carbons (Fsp3) is 0.333. The quantitative estimate of drug-likeness (QED) is 0.218. The molecule has 0 saturated carbocycles. The standard InChI is InChI=1S/C30H32Cl2F3N3O4S/c1-3-4-16-36-29(40)27(17-21-10-6-5-7-11-21)37(19-22-12-8-9-13-24(22)31)28(39)20-38(43(2,41)42)26-18-23(30(33,34)35)14-15-25(26)32/h5-15,18,27H,3-4,16-17,19-20H2,1-2H3,(H,36,40)/t27-/m1/s1. The Morgan fingerprint density at radius 3 is 2.21 bits per heavy atom. The van der Waals surface area contributed by atoms with Gasteiger partial charge < -0.3 is 10.2 Å². The summed E-state index contributed by atoms with van der Waals surface area (Å²) in [5.74, 6) is -1.31. The first kappa shape index (κ1) is 34.2. The van der Waals surface area contributed by atoms with Gasteiger partial charge in [-0.15, -0.1) is 0 Å². The van der Waals surface area contributed by atoms with Gasteiger partial charge in [-0.2, -0.15) is 13.2 Å². The average Bonchev–Trinajstić information content (AvgIpc) is 2.94. The molecule has 0 fully saturated rings. The highest BCUT2D eigenvalue weighted by atomic mass is 35.5.